The van der Waals surface area contributed by atoms with E-state index in [4.69, 9.17) is 4.99 Å². The van der Waals surface area contributed by atoms with Gasteiger partial charge in [0.1, 0.15) is 0 Å². The Hall–Kier alpha value is -1.90. The number of hydrogen-bond donors (Lipinski definition) is 1. The Morgan fingerprint density at radius 2 is 1.85 bits per heavy atom. The zero-order chi connectivity index (χ0) is 17.6. The molecule has 0 radical (unpaired) electrons. The third-order valence-corrected chi connectivity index (χ3v) is 4.49. The highest BCUT2D eigenvalue weighted by Crippen LogP contribution is 2.17. The van der Waals surface area contributed by atoms with Gasteiger partial charge in [0.2, 0.25) is 5.91 Å². The molecule has 26 heavy (non-hydrogen) atoms. The molecule has 140 valence electrons. The van der Waals surface area contributed by atoms with E-state index < -0.39 is 0 Å². The third-order valence-electron chi connectivity index (χ3n) is 4.49. The maximum atomic E-state index is 11.5. The smallest absolute Gasteiger partial charge is 0.219 e. The van der Waals surface area contributed by atoms with Crippen molar-refractivity contribution in [2.24, 2.45) is 4.99 Å². The van der Waals surface area contributed by atoms with Gasteiger partial charge in [-0.3, -0.25) is 9.78 Å². The first-order chi connectivity index (χ1) is 12.2. The number of halogens is 1. The van der Waals surface area contributed by atoms with Gasteiger partial charge in [0.25, 0.3) is 0 Å². The van der Waals surface area contributed by atoms with Crippen LogP contribution in [0, 0.1) is 0 Å². The van der Waals surface area contributed by atoms with Crippen LogP contribution in [0.15, 0.2) is 41.5 Å². The Kier molecular flexibility index (Phi) is 7.62. The Balaban J connectivity index is 0.00000243. The van der Waals surface area contributed by atoms with Crippen LogP contribution in [0.4, 0.5) is 0 Å². The molecule has 0 unspecified atom stereocenters. The zero-order valence-electron chi connectivity index (χ0n) is 15.3. The molecule has 3 rings (SSSR count). The van der Waals surface area contributed by atoms with Gasteiger partial charge >= 0.3 is 0 Å². The molecule has 1 N–H and O–H groups in total. The highest BCUT2D eigenvalue weighted by Gasteiger charge is 2.20. The monoisotopic (exact) mass is 467 g/mol. The van der Waals surface area contributed by atoms with Crippen LogP contribution >= 0.6 is 24.0 Å². The van der Waals surface area contributed by atoms with Crippen molar-refractivity contribution < 1.29 is 4.79 Å². The molecule has 7 heteroatoms. The molecule has 1 saturated heterocycles. The number of nitrogens with one attached hydrogen (secondary N) is 1. The maximum Gasteiger partial charge on any atom is 0.219 e. The predicted octanol–water partition coefficient (Wildman–Crippen LogP) is 2.48. The average Bonchev–Trinajstić information content (AvgIpc) is 2.65. The van der Waals surface area contributed by atoms with E-state index in [1.54, 1.807) is 6.92 Å². The molecule has 0 bridgehead atoms. The Morgan fingerprint density at radius 1 is 1.15 bits per heavy atom. The van der Waals surface area contributed by atoms with E-state index in [1.807, 2.05) is 29.3 Å². The molecule has 1 aliphatic heterocycles. The summed E-state index contributed by atoms with van der Waals surface area (Å²) in [6.07, 6.45) is 1.84. The van der Waals surface area contributed by atoms with Gasteiger partial charge in [-0.15, -0.1) is 24.0 Å². The summed E-state index contributed by atoms with van der Waals surface area (Å²) in [5.74, 6) is 1.03. The molecule has 0 atom stereocenters. The van der Waals surface area contributed by atoms with Crippen LogP contribution < -0.4 is 5.32 Å². The topological polar surface area (TPSA) is 60.8 Å². The van der Waals surface area contributed by atoms with Crippen LogP contribution in [0.5, 0.6) is 0 Å². The van der Waals surface area contributed by atoms with Gasteiger partial charge in [-0.2, -0.15) is 0 Å². The second-order valence-electron chi connectivity index (χ2n) is 6.14. The van der Waals surface area contributed by atoms with Crippen LogP contribution in [0.2, 0.25) is 0 Å². The number of carbonyl (C=O) groups excluding carboxylic acids is 1. The fourth-order valence-electron chi connectivity index (χ4n) is 3.12. The van der Waals surface area contributed by atoms with Gasteiger partial charge in [0.05, 0.1) is 12.2 Å². The third kappa shape index (κ3) is 4.84. The van der Waals surface area contributed by atoms with E-state index in [2.05, 4.69) is 34.3 Å². The lowest BCUT2D eigenvalue weighted by molar-refractivity contribution is -0.130. The largest absolute Gasteiger partial charge is 0.357 e. The number of benzene rings is 1. The first-order valence-electron chi connectivity index (χ1n) is 8.80. The fourth-order valence-corrected chi connectivity index (χ4v) is 3.12. The zero-order valence-corrected chi connectivity index (χ0v) is 17.6. The van der Waals surface area contributed by atoms with Crippen LogP contribution in [-0.4, -0.2) is 59.4 Å². The molecule has 0 aliphatic carbocycles. The number of rotatable bonds is 3. The van der Waals surface area contributed by atoms with Crippen LogP contribution in [0.1, 0.15) is 19.5 Å². The van der Waals surface area contributed by atoms with Crippen molar-refractivity contribution in [3.63, 3.8) is 0 Å². The summed E-state index contributed by atoms with van der Waals surface area (Å²) >= 11 is 0. The summed E-state index contributed by atoms with van der Waals surface area (Å²) in [4.78, 5) is 24.9. The Bertz CT molecular complexity index is 766. The second-order valence-corrected chi connectivity index (χ2v) is 6.14. The maximum absolute atomic E-state index is 11.5. The van der Waals surface area contributed by atoms with Gasteiger partial charge in [-0.05, 0) is 18.4 Å². The Morgan fingerprint density at radius 3 is 2.54 bits per heavy atom. The molecule has 1 fully saturated rings. The molecule has 2 aromatic rings. The minimum Gasteiger partial charge on any atom is -0.357 e. The number of piperazine rings is 1. The van der Waals surface area contributed by atoms with Crippen molar-refractivity contribution in [2.75, 3.05) is 32.7 Å². The molecule has 2 heterocycles. The molecular formula is C19H26IN5O. The molecule has 1 aromatic heterocycles. The molecular weight excluding hydrogens is 441 g/mol. The summed E-state index contributed by atoms with van der Waals surface area (Å²) in [6.45, 7) is 8.13. The summed E-state index contributed by atoms with van der Waals surface area (Å²) in [5.41, 5.74) is 0.982. The van der Waals surface area contributed by atoms with Crippen LogP contribution in [0.3, 0.4) is 0 Å². The number of fused-ring (bicyclic) bond motifs is 1. The van der Waals surface area contributed by atoms with Gasteiger partial charge in [0.15, 0.2) is 5.96 Å². The molecule has 6 nitrogen and oxygen atoms in total. The predicted molar refractivity (Wildman–Crippen MR) is 116 cm³/mol. The normalized spacial score (nSPS) is 14.9. The number of guanidine groups is 1. The quantitative estimate of drug-likeness (QED) is 0.428. The second kappa shape index (κ2) is 9.70. The summed E-state index contributed by atoms with van der Waals surface area (Å²) in [6, 6.07) is 10.3. The van der Waals surface area contributed by atoms with Crippen LogP contribution in [-0.2, 0) is 11.3 Å². The molecule has 0 saturated carbocycles. The van der Waals surface area contributed by atoms with Crippen molar-refractivity contribution in [3.05, 3.63) is 42.2 Å². The lowest BCUT2D eigenvalue weighted by Crippen LogP contribution is -2.53. The first-order valence-corrected chi connectivity index (χ1v) is 8.80. The highest BCUT2D eigenvalue weighted by molar-refractivity contribution is 14.0. The highest BCUT2D eigenvalue weighted by atomic mass is 127. The summed E-state index contributed by atoms with van der Waals surface area (Å²) < 4.78 is 0. The fraction of sp³-hybridized carbons (Fsp3) is 0.421. The molecule has 1 amide bonds. The lowest BCUT2D eigenvalue weighted by Gasteiger charge is -2.36. The number of amides is 1. The Labute approximate surface area is 171 Å². The number of nitrogens with zero attached hydrogens (tertiary/aromatic N) is 4. The minimum atomic E-state index is 0. The van der Waals surface area contributed by atoms with Gasteiger partial charge in [0, 0.05) is 51.2 Å². The standard InChI is InChI=1S/C19H25N5O.HI/c1-3-20-19(24-12-10-23(11-13-24)15(2)25)22-14-18-17-7-5-4-6-16(17)8-9-21-18;/h4-9H,3,10-14H2,1-2H3,(H,20,22);1H. The number of hydrogen-bond acceptors (Lipinski definition) is 3. The van der Waals surface area contributed by atoms with Crippen LogP contribution in [0.25, 0.3) is 10.8 Å². The van der Waals surface area contributed by atoms with E-state index in [1.165, 1.54) is 5.39 Å². The van der Waals surface area contributed by atoms with Crippen molar-refractivity contribution in [3.8, 4) is 0 Å². The van der Waals surface area contributed by atoms with E-state index >= 15 is 0 Å². The van der Waals surface area contributed by atoms with Gasteiger partial charge < -0.3 is 15.1 Å². The number of pyridine rings is 1. The summed E-state index contributed by atoms with van der Waals surface area (Å²) in [7, 11) is 0. The van der Waals surface area contributed by atoms with E-state index in [9.17, 15) is 4.79 Å². The molecule has 0 spiro atoms. The summed E-state index contributed by atoms with van der Waals surface area (Å²) in [5, 5.41) is 5.69. The van der Waals surface area contributed by atoms with E-state index in [0.717, 1.165) is 49.8 Å². The number of aliphatic imine (C=N–C) groups is 1. The SMILES string of the molecule is CCNC(=NCc1nccc2ccccc12)N1CCN(C(C)=O)CC1.I. The van der Waals surface area contributed by atoms with E-state index in [-0.39, 0.29) is 29.9 Å². The van der Waals surface area contributed by atoms with E-state index in [0.29, 0.717) is 6.54 Å². The van der Waals surface area contributed by atoms with Crippen molar-refractivity contribution >= 4 is 46.6 Å². The van der Waals surface area contributed by atoms with Crippen molar-refractivity contribution in [2.45, 2.75) is 20.4 Å². The van der Waals surface area contributed by atoms with Gasteiger partial charge in [-0.1, -0.05) is 24.3 Å². The van der Waals surface area contributed by atoms with Gasteiger partial charge in [-0.25, -0.2) is 4.99 Å². The lowest BCUT2D eigenvalue weighted by atomic mass is 10.1. The van der Waals surface area contributed by atoms with Crippen molar-refractivity contribution in [1.82, 2.24) is 20.1 Å². The average molecular weight is 467 g/mol. The first kappa shape index (κ1) is 20.4. The number of aromatic nitrogens is 1. The van der Waals surface area contributed by atoms with Crippen molar-refractivity contribution in [1.29, 1.82) is 0 Å². The minimum absolute atomic E-state index is 0. The number of carbonyl (C=O) groups is 1. The molecule has 1 aliphatic rings. The molecule has 1 aromatic carbocycles.